The van der Waals surface area contributed by atoms with E-state index in [1.54, 1.807) is 13.1 Å². The maximum Gasteiger partial charge on any atom is 0.242 e. The molecule has 2 aromatic heterocycles. The van der Waals surface area contributed by atoms with Gasteiger partial charge in [0.05, 0.1) is 12.2 Å². The van der Waals surface area contributed by atoms with Crippen LogP contribution >= 0.6 is 0 Å². The molecule has 0 saturated heterocycles. The number of pyridine rings is 1. The number of aromatic nitrogens is 2. The number of hydrogen-bond donors (Lipinski definition) is 3. The first kappa shape index (κ1) is 19.9. The Morgan fingerprint density at radius 2 is 2.12 bits per heavy atom. The predicted molar refractivity (Wildman–Crippen MR) is 98.2 cm³/mol. The molecule has 2 rings (SSSR count). The average molecular weight is 380 g/mol. The molecule has 0 radical (unpaired) electrons. The Labute approximate surface area is 153 Å². The van der Waals surface area contributed by atoms with Crippen molar-refractivity contribution in [2.24, 2.45) is 4.99 Å². The van der Waals surface area contributed by atoms with Gasteiger partial charge in [-0.3, -0.25) is 9.98 Å². The number of nitrogens with zero attached hydrogens (tertiary/aromatic N) is 3. The molecule has 0 aliphatic carbocycles. The molecule has 0 unspecified atom stereocenters. The highest BCUT2D eigenvalue weighted by atomic mass is 32.2. The maximum absolute atomic E-state index is 12.1. The van der Waals surface area contributed by atoms with Crippen molar-refractivity contribution in [3.63, 3.8) is 0 Å². The monoisotopic (exact) mass is 380 g/mol. The van der Waals surface area contributed by atoms with Gasteiger partial charge in [0.15, 0.2) is 11.7 Å². The summed E-state index contributed by atoms with van der Waals surface area (Å²) >= 11 is 0. The Balaban J connectivity index is 1.75. The van der Waals surface area contributed by atoms with Gasteiger partial charge in [-0.1, -0.05) is 19.0 Å². The standard InChI is InChI=1S/C16H24N6O3S/c1-12(2)15-9-13(25-22-15)10-20-16(17-3)19-7-8-21-26(23,24)14-5-4-6-18-11-14/h4-6,9,11-12,21H,7-8,10H2,1-3H3,(H2,17,19,20). The van der Waals surface area contributed by atoms with Crippen LogP contribution in [0.15, 0.2) is 45.0 Å². The van der Waals surface area contributed by atoms with Gasteiger partial charge >= 0.3 is 0 Å². The average Bonchev–Trinajstić information content (AvgIpc) is 3.11. The fourth-order valence-corrected chi connectivity index (χ4v) is 3.03. The van der Waals surface area contributed by atoms with Crippen LogP contribution in [0.25, 0.3) is 0 Å². The van der Waals surface area contributed by atoms with E-state index >= 15 is 0 Å². The lowest BCUT2D eigenvalue weighted by molar-refractivity contribution is 0.372. The van der Waals surface area contributed by atoms with Crippen molar-refractivity contribution in [3.8, 4) is 0 Å². The van der Waals surface area contributed by atoms with E-state index in [2.05, 4.69) is 30.5 Å². The molecular formula is C16H24N6O3S. The van der Waals surface area contributed by atoms with Gasteiger partial charge in [-0.25, -0.2) is 13.1 Å². The molecule has 2 heterocycles. The zero-order chi connectivity index (χ0) is 19.0. The molecule has 142 valence electrons. The van der Waals surface area contributed by atoms with E-state index in [4.69, 9.17) is 4.52 Å². The Hall–Kier alpha value is -2.46. The van der Waals surface area contributed by atoms with Crippen LogP contribution in [0.2, 0.25) is 0 Å². The lowest BCUT2D eigenvalue weighted by Gasteiger charge is -2.11. The van der Waals surface area contributed by atoms with Crippen LogP contribution in [0.4, 0.5) is 0 Å². The Kier molecular flexibility index (Phi) is 7.10. The van der Waals surface area contributed by atoms with Crippen LogP contribution in [-0.4, -0.2) is 44.7 Å². The summed E-state index contributed by atoms with van der Waals surface area (Å²) in [7, 11) is -1.93. The molecule has 0 spiro atoms. The van der Waals surface area contributed by atoms with Crippen LogP contribution in [0.1, 0.15) is 31.2 Å². The number of rotatable bonds is 8. The molecule has 0 atom stereocenters. The lowest BCUT2D eigenvalue weighted by atomic mass is 10.1. The number of guanidine groups is 1. The van der Waals surface area contributed by atoms with Gasteiger partial charge in [0.1, 0.15) is 4.90 Å². The second kappa shape index (κ2) is 9.30. The van der Waals surface area contributed by atoms with Gasteiger partial charge in [0, 0.05) is 38.6 Å². The molecule has 0 aromatic carbocycles. The minimum absolute atomic E-state index is 0.133. The van der Waals surface area contributed by atoms with Crippen molar-refractivity contribution in [1.29, 1.82) is 0 Å². The third-order valence-electron chi connectivity index (χ3n) is 3.48. The molecule has 0 fully saturated rings. The molecule has 10 heteroatoms. The normalized spacial score (nSPS) is 12.4. The van der Waals surface area contributed by atoms with Gasteiger partial charge in [0.25, 0.3) is 0 Å². The molecule has 0 saturated carbocycles. The molecular weight excluding hydrogens is 356 g/mol. The zero-order valence-corrected chi connectivity index (χ0v) is 15.9. The molecule has 2 aromatic rings. The highest BCUT2D eigenvalue weighted by Gasteiger charge is 2.13. The molecule has 0 bridgehead atoms. The largest absolute Gasteiger partial charge is 0.359 e. The minimum Gasteiger partial charge on any atom is -0.359 e. The van der Waals surface area contributed by atoms with E-state index in [1.807, 2.05) is 19.9 Å². The summed E-state index contributed by atoms with van der Waals surface area (Å²) in [5, 5.41) is 10.1. The second-order valence-corrected chi connectivity index (χ2v) is 7.58. The minimum atomic E-state index is -3.56. The van der Waals surface area contributed by atoms with Crippen molar-refractivity contribution >= 4 is 16.0 Å². The molecule has 0 aliphatic rings. The van der Waals surface area contributed by atoms with E-state index < -0.39 is 10.0 Å². The van der Waals surface area contributed by atoms with E-state index in [0.717, 1.165) is 5.69 Å². The van der Waals surface area contributed by atoms with Crippen LogP contribution in [0, 0.1) is 0 Å². The van der Waals surface area contributed by atoms with Crippen molar-refractivity contribution in [2.45, 2.75) is 31.2 Å². The predicted octanol–water partition coefficient (Wildman–Crippen LogP) is 0.837. The summed E-state index contributed by atoms with van der Waals surface area (Å²) in [6, 6.07) is 4.96. The van der Waals surface area contributed by atoms with Gasteiger partial charge in [-0.2, -0.15) is 0 Å². The van der Waals surface area contributed by atoms with Crippen LogP contribution in [-0.2, 0) is 16.6 Å². The summed E-state index contributed by atoms with van der Waals surface area (Å²) in [5.41, 5.74) is 0.898. The van der Waals surface area contributed by atoms with Crippen molar-refractivity contribution in [1.82, 2.24) is 25.5 Å². The molecule has 26 heavy (non-hydrogen) atoms. The van der Waals surface area contributed by atoms with E-state index in [1.165, 1.54) is 18.5 Å². The van der Waals surface area contributed by atoms with Gasteiger partial charge < -0.3 is 15.2 Å². The lowest BCUT2D eigenvalue weighted by Crippen LogP contribution is -2.41. The Bertz CT molecular complexity index is 818. The summed E-state index contributed by atoms with van der Waals surface area (Å²) in [4.78, 5) is 8.02. The topological polar surface area (TPSA) is 122 Å². The van der Waals surface area contributed by atoms with Crippen LogP contribution in [0.3, 0.4) is 0 Å². The van der Waals surface area contributed by atoms with Crippen LogP contribution in [0.5, 0.6) is 0 Å². The molecule has 3 N–H and O–H groups in total. The smallest absolute Gasteiger partial charge is 0.242 e. The van der Waals surface area contributed by atoms with Crippen molar-refractivity contribution in [3.05, 3.63) is 42.0 Å². The zero-order valence-electron chi connectivity index (χ0n) is 15.1. The fourth-order valence-electron chi connectivity index (χ4n) is 2.03. The quantitative estimate of drug-likeness (QED) is 0.352. The van der Waals surface area contributed by atoms with Gasteiger partial charge in [-0.05, 0) is 18.1 Å². The first-order valence-electron chi connectivity index (χ1n) is 8.22. The molecule has 9 nitrogen and oxygen atoms in total. The summed E-state index contributed by atoms with van der Waals surface area (Å²) in [5.74, 6) is 1.54. The SMILES string of the molecule is CN=C(NCCNS(=O)(=O)c1cccnc1)NCc1cc(C(C)C)no1. The highest BCUT2D eigenvalue weighted by molar-refractivity contribution is 7.89. The third-order valence-corrected chi connectivity index (χ3v) is 4.92. The molecule has 0 aliphatic heterocycles. The Morgan fingerprint density at radius 1 is 1.31 bits per heavy atom. The van der Waals surface area contributed by atoms with Gasteiger partial charge in [-0.15, -0.1) is 0 Å². The molecule has 0 amide bonds. The second-order valence-electron chi connectivity index (χ2n) is 5.81. The Morgan fingerprint density at radius 3 is 2.73 bits per heavy atom. The number of sulfonamides is 1. The number of aliphatic imine (C=N–C) groups is 1. The summed E-state index contributed by atoms with van der Waals surface area (Å²) in [6.45, 7) is 5.09. The van der Waals surface area contributed by atoms with E-state index in [9.17, 15) is 8.42 Å². The van der Waals surface area contributed by atoms with E-state index in [-0.39, 0.29) is 11.4 Å². The fraction of sp³-hybridized carbons (Fsp3) is 0.438. The third kappa shape index (κ3) is 5.81. The highest BCUT2D eigenvalue weighted by Crippen LogP contribution is 2.13. The van der Waals surface area contributed by atoms with E-state index in [0.29, 0.717) is 30.7 Å². The van der Waals surface area contributed by atoms with Gasteiger partial charge in [0.2, 0.25) is 10.0 Å². The summed E-state index contributed by atoms with van der Waals surface area (Å²) in [6.07, 6.45) is 2.83. The number of nitrogens with one attached hydrogen (secondary N) is 3. The first-order valence-corrected chi connectivity index (χ1v) is 9.70. The first-order chi connectivity index (χ1) is 12.4. The summed E-state index contributed by atoms with van der Waals surface area (Å²) < 4.78 is 31.9. The van der Waals surface area contributed by atoms with Crippen LogP contribution < -0.4 is 15.4 Å². The van der Waals surface area contributed by atoms with Crippen molar-refractivity contribution < 1.29 is 12.9 Å². The maximum atomic E-state index is 12.1. The number of hydrogen-bond acceptors (Lipinski definition) is 6. The van der Waals surface area contributed by atoms with Crippen molar-refractivity contribution in [2.75, 3.05) is 20.1 Å².